The van der Waals surface area contributed by atoms with Crippen molar-refractivity contribution in [2.24, 2.45) is 0 Å². The van der Waals surface area contributed by atoms with E-state index in [1.807, 2.05) is 24.3 Å². The lowest BCUT2D eigenvalue weighted by Gasteiger charge is -2.13. The maximum atomic E-state index is 12.4. The van der Waals surface area contributed by atoms with Gasteiger partial charge in [0.15, 0.2) is 11.5 Å². The second kappa shape index (κ2) is 27.1. The molecule has 0 heterocycles. The minimum atomic E-state index is -0.667. The fourth-order valence-electron chi connectivity index (χ4n) is 6.19. The normalized spacial score (nSPS) is 10.1. The van der Waals surface area contributed by atoms with Crippen molar-refractivity contribution in [2.75, 3.05) is 0 Å². The van der Waals surface area contributed by atoms with E-state index in [0.717, 1.165) is 40.0 Å². The Labute approximate surface area is 428 Å². The molecule has 6 rings (SSSR count). The molecule has 14 nitrogen and oxygen atoms in total. The van der Waals surface area contributed by atoms with Crippen LogP contribution in [0, 0.1) is 0 Å². The zero-order valence-corrected chi connectivity index (χ0v) is 41.0. The van der Waals surface area contributed by atoms with E-state index in [9.17, 15) is 33.6 Å². The molecule has 0 saturated heterocycles. The number of hydrogen-bond acceptors (Lipinski definition) is 14. The van der Waals surface area contributed by atoms with Gasteiger partial charge in [0.2, 0.25) is 0 Å². The van der Waals surface area contributed by atoms with Gasteiger partial charge >= 0.3 is 41.8 Å². The summed E-state index contributed by atoms with van der Waals surface area (Å²) in [5.41, 5.74) is 5.76. The summed E-state index contributed by atoms with van der Waals surface area (Å²) in [6.07, 6.45) is 3.47. The minimum absolute atomic E-state index is 0.0440. The highest BCUT2D eigenvalue weighted by atomic mass is 16.6. The van der Waals surface area contributed by atoms with E-state index >= 15 is 0 Å². The zero-order chi connectivity index (χ0) is 53.7. The molecule has 6 aromatic rings. The molecular weight excluding hydrogens is 945 g/mol. The molecule has 0 unspecified atom stereocenters. The largest absolute Gasteiger partial charge is 0.427 e. The SMILES string of the molecule is C=CC(=O)Oc1ccc(CCC(=O)Oc2ccc(-c3ccc(OC(=O)C(=C)C)c(OC(=O)C(=C)C)c3)cc2)cc1.C=CC(=O)Oc1ccc(CCC(=O)Oc2ccc(-c3ccc(OC(=O)C(=C)C)cc3)cc2)cc1. The molecule has 0 aromatic heterocycles. The van der Waals surface area contributed by atoms with Crippen molar-refractivity contribution in [3.8, 4) is 62.5 Å². The Morgan fingerprint density at radius 2 is 0.662 bits per heavy atom. The Morgan fingerprint density at radius 1 is 0.365 bits per heavy atom. The fraction of sp³-hybridized carbons (Fsp3) is 0.117. The number of ether oxygens (including phenoxy) is 7. The van der Waals surface area contributed by atoms with Gasteiger partial charge in [-0.05, 0) is 140 Å². The third-order valence-corrected chi connectivity index (χ3v) is 10.2. The van der Waals surface area contributed by atoms with E-state index in [1.165, 1.54) is 19.9 Å². The van der Waals surface area contributed by atoms with Gasteiger partial charge in [0.25, 0.3) is 0 Å². The van der Waals surface area contributed by atoms with Crippen LogP contribution in [0.25, 0.3) is 22.3 Å². The smallest absolute Gasteiger partial charge is 0.338 e. The van der Waals surface area contributed by atoms with Crippen LogP contribution in [0.15, 0.2) is 201 Å². The van der Waals surface area contributed by atoms with Gasteiger partial charge in [-0.1, -0.05) is 99.6 Å². The molecule has 0 radical (unpaired) electrons. The Bertz CT molecular complexity index is 3070. The molecule has 0 spiro atoms. The molecular formula is C60H52O14. The highest BCUT2D eigenvalue weighted by Gasteiger charge is 2.17. The maximum absolute atomic E-state index is 12.4. The van der Waals surface area contributed by atoms with Gasteiger partial charge in [0.1, 0.15) is 28.7 Å². The van der Waals surface area contributed by atoms with Crippen LogP contribution in [0.4, 0.5) is 0 Å². The van der Waals surface area contributed by atoms with Gasteiger partial charge in [0, 0.05) is 41.7 Å². The van der Waals surface area contributed by atoms with Crippen LogP contribution in [0.5, 0.6) is 40.2 Å². The first-order valence-corrected chi connectivity index (χ1v) is 22.8. The van der Waals surface area contributed by atoms with Crippen LogP contribution in [-0.2, 0) is 46.4 Å². The van der Waals surface area contributed by atoms with E-state index in [1.54, 1.807) is 116 Å². The van der Waals surface area contributed by atoms with Gasteiger partial charge in [-0.3, -0.25) is 9.59 Å². The van der Waals surface area contributed by atoms with Crippen LogP contribution in [0.2, 0.25) is 0 Å². The van der Waals surface area contributed by atoms with Gasteiger partial charge in [-0.2, -0.15) is 0 Å². The minimum Gasteiger partial charge on any atom is -0.427 e. The Morgan fingerprint density at radius 3 is 1.03 bits per heavy atom. The van der Waals surface area contributed by atoms with Crippen molar-refractivity contribution in [2.45, 2.75) is 46.5 Å². The van der Waals surface area contributed by atoms with Gasteiger partial charge in [0.05, 0.1) is 0 Å². The molecule has 0 saturated carbocycles. The summed E-state index contributed by atoms with van der Waals surface area (Å²) >= 11 is 0. The number of benzene rings is 6. The summed E-state index contributed by atoms with van der Waals surface area (Å²) in [6, 6.07) is 39.5. The third kappa shape index (κ3) is 17.6. The van der Waals surface area contributed by atoms with Crippen LogP contribution < -0.4 is 33.2 Å². The van der Waals surface area contributed by atoms with Crippen LogP contribution in [-0.4, -0.2) is 41.8 Å². The molecule has 0 aliphatic rings. The van der Waals surface area contributed by atoms with Crippen molar-refractivity contribution in [3.05, 3.63) is 212 Å². The monoisotopic (exact) mass is 996 g/mol. The number of hydrogen-bond donors (Lipinski definition) is 0. The molecule has 0 N–H and O–H groups in total. The third-order valence-electron chi connectivity index (χ3n) is 10.2. The van der Waals surface area contributed by atoms with Crippen molar-refractivity contribution < 1.29 is 66.7 Å². The van der Waals surface area contributed by atoms with E-state index in [0.29, 0.717) is 52.7 Å². The van der Waals surface area contributed by atoms with E-state index in [2.05, 4.69) is 32.9 Å². The first kappa shape index (κ1) is 55.2. The highest BCUT2D eigenvalue weighted by Crippen LogP contribution is 2.35. The quantitative estimate of drug-likeness (QED) is 0.0400. The summed E-state index contributed by atoms with van der Waals surface area (Å²) in [5, 5.41) is 0. The Kier molecular flexibility index (Phi) is 20.2. The molecule has 0 fully saturated rings. The van der Waals surface area contributed by atoms with Crippen LogP contribution in [0.1, 0.15) is 44.7 Å². The maximum Gasteiger partial charge on any atom is 0.338 e. The van der Waals surface area contributed by atoms with Gasteiger partial charge in [-0.15, -0.1) is 0 Å². The first-order chi connectivity index (χ1) is 35.4. The average Bonchev–Trinajstić information content (AvgIpc) is 3.39. The summed E-state index contributed by atoms with van der Waals surface area (Å²) in [4.78, 5) is 82.8. The average molecular weight is 997 g/mol. The molecule has 0 bridgehead atoms. The fourth-order valence-corrected chi connectivity index (χ4v) is 6.19. The molecule has 0 atom stereocenters. The van der Waals surface area contributed by atoms with Crippen molar-refractivity contribution in [1.82, 2.24) is 0 Å². The second-order valence-electron chi connectivity index (χ2n) is 16.2. The highest BCUT2D eigenvalue weighted by molar-refractivity contribution is 5.92. The second-order valence-corrected chi connectivity index (χ2v) is 16.2. The molecule has 376 valence electrons. The number of aryl methyl sites for hydroxylation is 2. The van der Waals surface area contributed by atoms with E-state index < -0.39 is 35.8 Å². The summed E-state index contributed by atoms with van der Waals surface area (Å²) < 4.78 is 36.8. The van der Waals surface area contributed by atoms with Crippen LogP contribution >= 0.6 is 0 Å². The predicted molar refractivity (Wildman–Crippen MR) is 278 cm³/mol. The summed E-state index contributed by atoms with van der Waals surface area (Å²) in [6.45, 7) is 22.0. The molecule has 74 heavy (non-hydrogen) atoms. The molecule has 6 aromatic carbocycles. The number of rotatable bonds is 20. The Hall–Kier alpha value is -9.69. The lowest BCUT2D eigenvalue weighted by molar-refractivity contribution is -0.135. The van der Waals surface area contributed by atoms with E-state index in [-0.39, 0.29) is 41.5 Å². The standard InChI is InChI=1S/C32H28O8.C28H24O6/c1-6-29(33)37-25-13-7-22(8-14-25)9-18-30(34)38-26-15-10-23(11-16-26)24-12-17-27(39-31(35)20(2)3)28(19-24)40-32(36)21(4)5;1-4-26(29)32-23-12-5-20(6-13-23)7-18-27(30)33-24-14-8-21(9-15-24)22-10-16-25(17-11-22)34-28(31)19(2)3/h6-8,10-17,19H,1-2,4,9,18H2,3,5H3;4-6,8-17H,1-2,7,18H2,3H3. The van der Waals surface area contributed by atoms with Gasteiger partial charge < -0.3 is 33.2 Å². The van der Waals surface area contributed by atoms with Gasteiger partial charge in [-0.25, -0.2) is 24.0 Å². The number of esters is 7. The topological polar surface area (TPSA) is 184 Å². The lowest BCUT2D eigenvalue weighted by Crippen LogP contribution is -2.12. The number of carbonyl (C=O) groups is 7. The van der Waals surface area contributed by atoms with Crippen LogP contribution in [0.3, 0.4) is 0 Å². The van der Waals surface area contributed by atoms with Crippen molar-refractivity contribution in [1.29, 1.82) is 0 Å². The molecule has 0 amide bonds. The lowest BCUT2D eigenvalue weighted by atomic mass is 10.0. The molecule has 14 heteroatoms. The Balaban J connectivity index is 0.000000278. The first-order valence-electron chi connectivity index (χ1n) is 22.8. The molecule has 0 aliphatic heterocycles. The summed E-state index contributed by atoms with van der Waals surface area (Å²) in [7, 11) is 0. The van der Waals surface area contributed by atoms with E-state index in [4.69, 9.17) is 33.2 Å². The number of carbonyl (C=O) groups excluding carboxylic acids is 7. The van der Waals surface area contributed by atoms with Crippen molar-refractivity contribution >= 4 is 41.8 Å². The zero-order valence-electron chi connectivity index (χ0n) is 41.0. The predicted octanol–water partition coefficient (Wildman–Crippen LogP) is 11.4. The van der Waals surface area contributed by atoms with Crippen molar-refractivity contribution in [3.63, 3.8) is 0 Å². The summed E-state index contributed by atoms with van der Waals surface area (Å²) in [5.74, 6) is -1.46. The molecule has 0 aliphatic carbocycles.